The van der Waals surface area contributed by atoms with Gasteiger partial charge >= 0.3 is 12.1 Å². The molecule has 0 aromatic heterocycles. The number of benzene rings is 1. The number of carbonyl (C=O) groups excluding carboxylic acids is 1. The summed E-state index contributed by atoms with van der Waals surface area (Å²) in [5.41, 5.74) is 3.52. The Balaban J connectivity index is 2.81. The Morgan fingerprint density at radius 3 is 2.35 bits per heavy atom. The topological polar surface area (TPSA) is 61.5 Å². The van der Waals surface area contributed by atoms with E-state index in [1.165, 1.54) is 6.07 Å². The second-order valence-corrected chi connectivity index (χ2v) is 5.13. The Bertz CT molecular complexity index is 493. The SMILES string of the molecule is CC(C)(C)OC(=O)COc1ccc(N)cc1C(F)(F)F. The van der Waals surface area contributed by atoms with Crippen molar-refractivity contribution in [1.29, 1.82) is 0 Å². The summed E-state index contributed by atoms with van der Waals surface area (Å²) in [7, 11) is 0. The van der Waals surface area contributed by atoms with E-state index in [2.05, 4.69) is 0 Å². The van der Waals surface area contributed by atoms with Crippen LogP contribution in [0.15, 0.2) is 18.2 Å². The molecule has 0 amide bonds. The number of halogens is 3. The van der Waals surface area contributed by atoms with Crippen molar-refractivity contribution in [2.45, 2.75) is 32.5 Å². The van der Waals surface area contributed by atoms with Crippen LogP contribution in [0, 0.1) is 0 Å². The predicted octanol–water partition coefficient (Wildman–Crippen LogP) is 3.01. The average molecular weight is 291 g/mol. The van der Waals surface area contributed by atoms with Crippen molar-refractivity contribution >= 4 is 11.7 Å². The van der Waals surface area contributed by atoms with Gasteiger partial charge in [-0.15, -0.1) is 0 Å². The molecule has 0 radical (unpaired) electrons. The fourth-order valence-corrected chi connectivity index (χ4v) is 1.40. The van der Waals surface area contributed by atoms with Gasteiger partial charge in [0.2, 0.25) is 0 Å². The first-order valence-corrected chi connectivity index (χ1v) is 5.80. The van der Waals surface area contributed by atoms with Crippen molar-refractivity contribution in [3.8, 4) is 5.75 Å². The van der Waals surface area contributed by atoms with Crippen LogP contribution in [-0.4, -0.2) is 18.2 Å². The normalized spacial score (nSPS) is 12.1. The van der Waals surface area contributed by atoms with E-state index in [1.54, 1.807) is 20.8 Å². The van der Waals surface area contributed by atoms with E-state index in [1.807, 2.05) is 0 Å². The number of hydrogen-bond acceptors (Lipinski definition) is 4. The molecule has 0 aliphatic carbocycles. The van der Waals surface area contributed by atoms with E-state index in [-0.39, 0.29) is 5.69 Å². The first kappa shape index (κ1) is 16.1. The van der Waals surface area contributed by atoms with Gasteiger partial charge in [0.05, 0.1) is 5.56 Å². The Hall–Kier alpha value is -1.92. The molecule has 1 rings (SSSR count). The van der Waals surface area contributed by atoms with Gasteiger partial charge in [-0.05, 0) is 39.0 Å². The zero-order valence-corrected chi connectivity index (χ0v) is 11.4. The molecule has 0 unspecified atom stereocenters. The molecule has 20 heavy (non-hydrogen) atoms. The molecule has 1 aromatic carbocycles. The third kappa shape index (κ3) is 4.99. The van der Waals surface area contributed by atoms with Crippen molar-refractivity contribution in [2.75, 3.05) is 12.3 Å². The molecule has 7 heteroatoms. The number of nitrogens with two attached hydrogens (primary N) is 1. The van der Waals surface area contributed by atoms with E-state index in [9.17, 15) is 18.0 Å². The predicted molar refractivity (Wildman–Crippen MR) is 67.2 cm³/mol. The molecule has 4 nitrogen and oxygen atoms in total. The number of ether oxygens (including phenoxy) is 2. The van der Waals surface area contributed by atoms with Gasteiger partial charge in [0.15, 0.2) is 6.61 Å². The van der Waals surface area contributed by atoms with Crippen LogP contribution in [0.1, 0.15) is 26.3 Å². The zero-order chi connectivity index (χ0) is 15.6. The lowest BCUT2D eigenvalue weighted by Gasteiger charge is -2.20. The summed E-state index contributed by atoms with van der Waals surface area (Å²) in [6, 6.07) is 3.09. The van der Waals surface area contributed by atoms with E-state index in [0.717, 1.165) is 12.1 Å². The highest BCUT2D eigenvalue weighted by Crippen LogP contribution is 2.37. The smallest absolute Gasteiger partial charge is 0.420 e. The highest BCUT2D eigenvalue weighted by Gasteiger charge is 2.34. The maximum atomic E-state index is 12.8. The summed E-state index contributed by atoms with van der Waals surface area (Å²) in [5, 5.41) is 0. The lowest BCUT2D eigenvalue weighted by Crippen LogP contribution is -2.27. The highest BCUT2D eigenvalue weighted by molar-refractivity contribution is 5.71. The van der Waals surface area contributed by atoms with Crippen LogP contribution in [0.2, 0.25) is 0 Å². The van der Waals surface area contributed by atoms with Crippen LogP contribution in [-0.2, 0) is 15.7 Å². The summed E-state index contributed by atoms with van der Waals surface area (Å²) >= 11 is 0. The lowest BCUT2D eigenvalue weighted by molar-refractivity contribution is -0.158. The summed E-state index contributed by atoms with van der Waals surface area (Å²) in [6.45, 7) is 4.34. The van der Waals surface area contributed by atoms with Gasteiger partial charge in [-0.2, -0.15) is 13.2 Å². The molecular weight excluding hydrogens is 275 g/mol. The van der Waals surface area contributed by atoms with Crippen molar-refractivity contribution in [3.63, 3.8) is 0 Å². The molecule has 0 saturated carbocycles. The quantitative estimate of drug-likeness (QED) is 0.687. The second-order valence-electron chi connectivity index (χ2n) is 5.13. The highest BCUT2D eigenvalue weighted by atomic mass is 19.4. The monoisotopic (exact) mass is 291 g/mol. The Morgan fingerprint density at radius 2 is 1.85 bits per heavy atom. The average Bonchev–Trinajstić information content (AvgIpc) is 2.23. The van der Waals surface area contributed by atoms with Crippen molar-refractivity contribution < 1.29 is 27.4 Å². The number of rotatable bonds is 3. The largest absolute Gasteiger partial charge is 0.481 e. The molecular formula is C13H16F3NO3. The van der Waals surface area contributed by atoms with Crippen LogP contribution < -0.4 is 10.5 Å². The number of nitrogen functional groups attached to an aromatic ring is 1. The molecule has 0 aliphatic heterocycles. The lowest BCUT2D eigenvalue weighted by atomic mass is 10.1. The van der Waals surface area contributed by atoms with Crippen molar-refractivity contribution in [1.82, 2.24) is 0 Å². The number of carbonyl (C=O) groups is 1. The fraction of sp³-hybridized carbons (Fsp3) is 0.462. The molecule has 1 aromatic rings. The minimum atomic E-state index is -4.61. The van der Waals surface area contributed by atoms with Gasteiger partial charge in [0, 0.05) is 5.69 Å². The van der Waals surface area contributed by atoms with Crippen LogP contribution >= 0.6 is 0 Å². The van der Waals surface area contributed by atoms with Gasteiger partial charge < -0.3 is 15.2 Å². The summed E-state index contributed by atoms with van der Waals surface area (Å²) < 4.78 is 48.1. The molecule has 0 heterocycles. The van der Waals surface area contributed by atoms with Crippen molar-refractivity contribution in [2.24, 2.45) is 0 Å². The number of esters is 1. The summed E-state index contributed by atoms with van der Waals surface area (Å²) in [6.07, 6.45) is -4.61. The molecule has 112 valence electrons. The van der Waals surface area contributed by atoms with Crippen LogP contribution in [0.5, 0.6) is 5.75 Å². The molecule has 0 spiro atoms. The van der Waals surface area contributed by atoms with Gasteiger partial charge in [-0.3, -0.25) is 0 Å². The first-order valence-electron chi connectivity index (χ1n) is 5.80. The number of anilines is 1. The second kappa shape index (κ2) is 5.60. The van der Waals surface area contributed by atoms with E-state index in [0.29, 0.717) is 0 Å². The standard InChI is InChI=1S/C13H16F3NO3/c1-12(2,3)20-11(18)7-19-10-5-4-8(17)6-9(10)13(14,15)16/h4-6H,7,17H2,1-3H3. The Morgan fingerprint density at radius 1 is 1.25 bits per heavy atom. The van der Waals surface area contributed by atoms with Gasteiger partial charge in [0.25, 0.3) is 0 Å². The zero-order valence-electron chi connectivity index (χ0n) is 11.4. The van der Waals surface area contributed by atoms with Gasteiger partial charge in [-0.25, -0.2) is 4.79 Å². The number of hydrogen-bond donors (Lipinski definition) is 1. The maximum Gasteiger partial charge on any atom is 0.420 e. The third-order valence-corrected chi connectivity index (χ3v) is 2.07. The minimum absolute atomic E-state index is 0.0399. The summed E-state index contributed by atoms with van der Waals surface area (Å²) in [5.74, 6) is -1.21. The fourth-order valence-electron chi connectivity index (χ4n) is 1.40. The number of alkyl halides is 3. The molecule has 0 bridgehead atoms. The molecule has 2 N–H and O–H groups in total. The van der Waals surface area contributed by atoms with Crippen LogP contribution in [0.3, 0.4) is 0 Å². The third-order valence-electron chi connectivity index (χ3n) is 2.07. The van der Waals surface area contributed by atoms with Crippen LogP contribution in [0.25, 0.3) is 0 Å². The Kier molecular flexibility index (Phi) is 4.52. The van der Waals surface area contributed by atoms with Gasteiger partial charge in [0.1, 0.15) is 11.4 Å². The van der Waals surface area contributed by atoms with Crippen LogP contribution in [0.4, 0.5) is 18.9 Å². The molecule has 0 aliphatic rings. The molecule has 0 fully saturated rings. The Labute approximate surface area is 114 Å². The van der Waals surface area contributed by atoms with Crippen molar-refractivity contribution in [3.05, 3.63) is 23.8 Å². The summed E-state index contributed by atoms with van der Waals surface area (Å²) in [4.78, 5) is 11.4. The first-order chi connectivity index (χ1) is 8.99. The maximum absolute atomic E-state index is 12.8. The van der Waals surface area contributed by atoms with E-state index >= 15 is 0 Å². The van der Waals surface area contributed by atoms with Gasteiger partial charge in [-0.1, -0.05) is 0 Å². The van der Waals surface area contributed by atoms with E-state index < -0.39 is 35.7 Å². The molecule has 0 saturated heterocycles. The minimum Gasteiger partial charge on any atom is -0.481 e. The van der Waals surface area contributed by atoms with E-state index in [4.69, 9.17) is 15.2 Å². The molecule has 0 atom stereocenters.